The molecule has 0 radical (unpaired) electrons. The highest BCUT2D eigenvalue weighted by atomic mass is 19.1. The highest BCUT2D eigenvalue weighted by Crippen LogP contribution is 2.53. The van der Waals surface area contributed by atoms with E-state index in [1.165, 1.54) is 0 Å². The molecule has 4 atom stereocenters. The number of likely N-dealkylation sites (N-methyl/N-ethyl adjacent to an activating group) is 1. The first-order chi connectivity index (χ1) is 18.2. The zero-order valence-corrected chi connectivity index (χ0v) is 22.7. The molecule has 0 amide bonds. The first-order valence-corrected chi connectivity index (χ1v) is 13.0. The van der Waals surface area contributed by atoms with Gasteiger partial charge in [0.25, 0.3) is 0 Å². The third kappa shape index (κ3) is 3.81. The van der Waals surface area contributed by atoms with Gasteiger partial charge in [0.2, 0.25) is 5.78 Å². The van der Waals surface area contributed by atoms with Crippen molar-refractivity contribution in [2.75, 3.05) is 46.2 Å². The fourth-order valence-electron chi connectivity index (χ4n) is 6.85. The standard InChI is InChI=1S/C28H34FN3O7/c1-12(33)19-25(36)22(31(4)5)17-7-13-6-16-18(30(2)3)8-14(9-32-10-15(29)11-32)23(34)21(16)24(35)20(13)27(38)28(17,39)26(19)37/h8,13,15,17,22,34,36,38-39H,6-7,9-11H2,1-5H3/t13-,17-,22-,28+/m0/s1. The number of anilines is 1. The number of carbonyl (C=O) groups is 3. The number of allylic oxidation sites excluding steroid dienone is 1. The number of Topliss-reactive ketones (excluding diaryl/α,β-unsaturated/α-hetero) is 3. The molecular formula is C28H34FN3O7. The smallest absolute Gasteiger partial charge is 0.209 e. The van der Waals surface area contributed by atoms with Crippen molar-refractivity contribution in [1.29, 1.82) is 0 Å². The fraction of sp³-hybridized carbons (Fsp3) is 0.536. The van der Waals surface area contributed by atoms with E-state index in [1.54, 1.807) is 44.1 Å². The largest absolute Gasteiger partial charge is 0.510 e. The van der Waals surface area contributed by atoms with Crippen molar-refractivity contribution in [3.63, 3.8) is 0 Å². The molecule has 1 aliphatic heterocycles. The minimum Gasteiger partial charge on any atom is -0.510 e. The second kappa shape index (κ2) is 9.14. The zero-order valence-electron chi connectivity index (χ0n) is 22.7. The van der Waals surface area contributed by atoms with Crippen molar-refractivity contribution >= 4 is 23.0 Å². The Labute approximate surface area is 225 Å². The molecule has 5 rings (SSSR count). The molecule has 1 aromatic rings. The number of fused-ring (bicyclic) bond motifs is 3. The normalized spacial score (nSPS) is 29.3. The summed E-state index contributed by atoms with van der Waals surface area (Å²) in [6.07, 6.45) is -0.652. The molecule has 1 saturated heterocycles. The second-order valence-corrected chi connectivity index (χ2v) is 11.6. The zero-order chi connectivity index (χ0) is 28.7. The van der Waals surface area contributed by atoms with E-state index in [0.717, 1.165) is 6.92 Å². The molecule has 10 nitrogen and oxygen atoms in total. The van der Waals surface area contributed by atoms with Crippen LogP contribution < -0.4 is 4.90 Å². The van der Waals surface area contributed by atoms with Gasteiger partial charge in [-0.3, -0.25) is 24.2 Å². The number of aliphatic hydroxyl groups excluding tert-OH is 2. The monoisotopic (exact) mass is 543 g/mol. The van der Waals surface area contributed by atoms with Gasteiger partial charge in [-0.25, -0.2) is 4.39 Å². The predicted molar refractivity (Wildman–Crippen MR) is 140 cm³/mol. The molecule has 1 fully saturated rings. The van der Waals surface area contributed by atoms with E-state index in [1.807, 2.05) is 4.90 Å². The summed E-state index contributed by atoms with van der Waals surface area (Å²) in [6, 6.07) is 0.813. The van der Waals surface area contributed by atoms with Crippen LogP contribution in [0.3, 0.4) is 0 Å². The van der Waals surface area contributed by atoms with Crippen LogP contribution in [0.5, 0.6) is 5.75 Å². The Bertz CT molecular complexity index is 1360. The Morgan fingerprint density at radius 2 is 1.79 bits per heavy atom. The van der Waals surface area contributed by atoms with Crippen LogP contribution in [-0.4, -0.2) is 107 Å². The highest BCUT2D eigenvalue weighted by molar-refractivity contribution is 6.25. The molecule has 4 N–H and O–H groups in total. The Morgan fingerprint density at radius 3 is 2.33 bits per heavy atom. The van der Waals surface area contributed by atoms with E-state index in [0.29, 0.717) is 16.8 Å². The van der Waals surface area contributed by atoms with Crippen LogP contribution in [0.25, 0.3) is 0 Å². The molecule has 1 heterocycles. The van der Waals surface area contributed by atoms with E-state index in [2.05, 4.69) is 0 Å². The number of hydrogen-bond donors (Lipinski definition) is 4. The molecule has 0 bridgehead atoms. The molecule has 210 valence electrons. The van der Waals surface area contributed by atoms with Crippen LogP contribution in [0.2, 0.25) is 0 Å². The molecule has 0 unspecified atom stereocenters. The maximum Gasteiger partial charge on any atom is 0.209 e. The second-order valence-electron chi connectivity index (χ2n) is 11.6. The summed E-state index contributed by atoms with van der Waals surface area (Å²) in [5, 5.41) is 45.5. The Morgan fingerprint density at radius 1 is 1.15 bits per heavy atom. The van der Waals surface area contributed by atoms with Gasteiger partial charge in [0, 0.05) is 56.5 Å². The van der Waals surface area contributed by atoms with Crippen molar-refractivity contribution in [3.8, 4) is 5.75 Å². The molecular weight excluding hydrogens is 509 g/mol. The number of nitrogens with zero attached hydrogens (tertiary/aromatic N) is 3. The summed E-state index contributed by atoms with van der Waals surface area (Å²) in [5.74, 6) is -5.88. The lowest BCUT2D eigenvalue weighted by Gasteiger charge is -2.50. The summed E-state index contributed by atoms with van der Waals surface area (Å²) in [7, 11) is 6.86. The van der Waals surface area contributed by atoms with Gasteiger partial charge in [-0.15, -0.1) is 0 Å². The maximum atomic E-state index is 14.0. The number of aliphatic hydroxyl groups is 3. The highest BCUT2D eigenvalue weighted by Gasteiger charge is 2.63. The molecule has 0 spiro atoms. The lowest BCUT2D eigenvalue weighted by molar-refractivity contribution is -0.148. The fourth-order valence-corrected chi connectivity index (χ4v) is 6.85. The predicted octanol–water partition coefficient (Wildman–Crippen LogP) is 1.44. The van der Waals surface area contributed by atoms with Gasteiger partial charge in [0.15, 0.2) is 17.2 Å². The number of aromatic hydroxyl groups is 1. The number of ketones is 3. The Hall–Kier alpha value is -3.28. The number of halogens is 1. The van der Waals surface area contributed by atoms with E-state index in [4.69, 9.17) is 0 Å². The van der Waals surface area contributed by atoms with Crippen LogP contribution in [0.4, 0.5) is 10.1 Å². The van der Waals surface area contributed by atoms with Crippen molar-refractivity contribution < 1.29 is 39.2 Å². The van der Waals surface area contributed by atoms with Crippen LogP contribution >= 0.6 is 0 Å². The number of phenols is 1. The molecule has 1 aromatic carbocycles. The van der Waals surface area contributed by atoms with E-state index in [9.17, 15) is 39.2 Å². The molecule has 0 saturated carbocycles. The molecule has 4 aliphatic rings. The van der Waals surface area contributed by atoms with Gasteiger partial charge in [0.1, 0.15) is 29.0 Å². The van der Waals surface area contributed by atoms with Gasteiger partial charge in [-0.1, -0.05) is 0 Å². The first-order valence-electron chi connectivity index (χ1n) is 13.0. The summed E-state index contributed by atoms with van der Waals surface area (Å²) >= 11 is 0. The van der Waals surface area contributed by atoms with E-state index in [-0.39, 0.29) is 49.4 Å². The number of likely N-dealkylation sites (tertiary alicyclic amines) is 1. The number of alkyl halides is 1. The van der Waals surface area contributed by atoms with Gasteiger partial charge in [0.05, 0.1) is 11.6 Å². The quantitative estimate of drug-likeness (QED) is 0.403. The van der Waals surface area contributed by atoms with Crippen LogP contribution in [0.1, 0.15) is 34.8 Å². The number of carbonyl (C=O) groups excluding carboxylic acids is 3. The number of hydrogen-bond acceptors (Lipinski definition) is 10. The SMILES string of the molecule is CC(=O)C1=C(O)[C@@H](N(C)C)[C@@H]2C[C@@H]3Cc4c(N(C)C)cc(CN5CC(F)C5)c(O)c4C(=O)C3=C(O)[C@]2(O)C1=O. The lowest BCUT2D eigenvalue weighted by atomic mass is 9.58. The average Bonchev–Trinajstić information content (AvgIpc) is 2.81. The molecule has 39 heavy (non-hydrogen) atoms. The maximum absolute atomic E-state index is 14.0. The van der Waals surface area contributed by atoms with Crippen LogP contribution in [0, 0.1) is 11.8 Å². The van der Waals surface area contributed by atoms with Crippen LogP contribution in [0.15, 0.2) is 28.7 Å². The summed E-state index contributed by atoms with van der Waals surface area (Å²) in [6.45, 7) is 1.75. The summed E-state index contributed by atoms with van der Waals surface area (Å²) in [4.78, 5) is 45.0. The average molecular weight is 544 g/mol. The minimum absolute atomic E-state index is 0.0222. The van der Waals surface area contributed by atoms with E-state index < -0.39 is 64.1 Å². The third-order valence-electron chi connectivity index (χ3n) is 8.67. The molecule has 3 aliphatic carbocycles. The molecule has 0 aromatic heterocycles. The van der Waals surface area contributed by atoms with E-state index >= 15 is 0 Å². The van der Waals surface area contributed by atoms with Crippen molar-refractivity contribution in [1.82, 2.24) is 9.80 Å². The minimum atomic E-state index is -2.60. The van der Waals surface area contributed by atoms with Gasteiger partial charge in [-0.05, 0) is 51.4 Å². The number of rotatable bonds is 5. The Kier molecular flexibility index (Phi) is 6.40. The number of benzene rings is 1. The topological polar surface area (TPSA) is 142 Å². The van der Waals surface area contributed by atoms with Gasteiger partial charge < -0.3 is 25.3 Å². The van der Waals surface area contributed by atoms with Crippen molar-refractivity contribution in [2.24, 2.45) is 11.8 Å². The van der Waals surface area contributed by atoms with Gasteiger partial charge >= 0.3 is 0 Å². The summed E-state index contributed by atoms with van der Waals surface area (Å²) < 4.78 is 13.4. The third-order valence-corrected chi connectivity index (χ3v) is 8.67. The van der Waals surface area contributed by atoms with Crippen molar-refractivity contribution in [2.45, 2.75) is 44.1 Å². The van der Waals surface area contributed by atoms with Gasteiger partial charge in [-0.2, -0.15) is 0 Å². The molecule has 11 heteroatoms. The summed E-state index contributed by atoms with van der Waals surface area (Å²) in [5.41, 5.74) is -1.73. The lowest BCUT2D eigenvalue weighted by Crippen LogP contribution is -2.63. The van der Waals surface area contributed by atoms with Crippen LogP contribution in [-0.2, 0) is 22.6 Å². The first kappa shape index (κ1) is 27.3. The Balaban J connectivity index is 1.68. The van der Waals surface area contributed by atoms with Crippen molar-refractivity contribution in [3.05, 3.63) is 45.4 Å². The number of phenolic OH excluding ortho intramolecular Hbond substituents is 1.